The molecular formula is C18H16ClN2O2. The van der Waals surface area contributed by atoms with Crippen LogP contribution in [0.4, 0.5) is 0 Å². The third kappa shape index (κ3) is 3.71. The van der Waals surface area contributed by atoms with Crippen molar-refractivity contribution in [2.45, 2.75) is 13.3 Å². The van der Waals surface area contributed by atoms with E-state index in [1.54, 1.807) is 14.0 Å². The van der Waals surface area contributed by atoms with Crippen molar-refractivity contribution in [1.29, 1.82) is 0 Å². The molecule has 3 rings (SSSR count). The van der Waals surface area contributed by atoms with Gasteiger partial charge in [-0.3, -0.25) is 0 Å². The Bertz CT molecular complexity index is 814. The Morgan fingerprint density at radius 3 is 2.78 bits per heavy atom. The fourth-order valence-electron chi connectivity index (χ4n) is 2.36. The lowest BCUT2D eigenvalue weighted by Crippen LogP contribution is -1.91. The molecule has 1 radical (unpaired) electrons. The zero-order chi connectivity index (χ0) is 16.2. The first-order chi connectivity index (χ1) is 11.2. The molecule has 0 aliphatic carbocycles. The summed E-state index contributed by atoms with van der Waals surface area (Å²) >= 11 is 6.02. The molecule has 0 saturated carbocycles. The minimum Gasteiger partial charge on any atom is -0.496 e. The monoisotopic (exact) mass is 327 g/mol. The second kappa shape index (κ2) is 6.84. The van der Waals surface area contributed by atoms with E-state index in [0.29, 0.717) is 23.2 Å². The van der Waals surface area contributed by atoms with Gasteiger partial charge in [0.05, 0.1) is 7.11 Å². The molecule has 0 atom stereocenters. The van der Waals surface area contributed by atoms with E-state index in [1.807, 2.05) is 36.4 Å². The van der Waals surface area contributed by atoms with E-state index in [2.05, 4.69) is 22.7 Å². The summed E-state index contributed by atoms with van der Waals surface area (Å²) in [6, 6.07) is 13.8. The molecule has 4 nitrogen and oxygen atoms in total. The lowest BCUT2D eigenvalue weighted by Gasteiger charge is -2.10. The van der Waals surface area contributed by atoms with Crippen LogP contribution in [0.1, 0.15) is 17.3 Å². The highest BCUT2D eigenvalue weighted by Gasteiger charge is 2.08. The number of methoxy groups -OCH3 is 1. The Labute approximate surface area is 140 Å². The molecular weight excluding hydrogens is 312 g/mol. The van der Waals surface area contributed by atoms with Crippen LogP contribution in [0.15, 0.2) is 46.9 Å². The van der Waals surface area contributed by atoms with Gasteiger partial charge in [-0.05, 0) is 35.7 Å². The molecule has 0 saturated heterocycles. The second-order valence-electron chi connectivity index (χ2n) is 5.09. The molecule has 1 aromatic heterocycles. The average molecular weight is 328 g/mol. The summed E-state index contributed by atoms with van der Waals surface area (Å²) < 4.78 is 10.8. The van der Waals surface area contributed by atoms with Crippen molar-refractivity contribution < 1.29 is 9.15 Å². The SMILES string of the molecule is COc1cc(Cl)ccc1-c1cccc([CH]Cc2nnc(C)o2)c1. The van der Waals surface area contributed by atoms with Gasteiger partial charge >= 0.3 is 0 Å². The van der Waals surface area contributed by atoms with Crippen molar-refractivity contribution in [2.24, 2.45) is 0 Å². The molecule has 0 fully saturated rings. The van der Waals surface area contributed by atoms with Gasteiger partial charge < -0.3 is 9.15 Å². The summed E-state index contributed by atoms with van der Waals surface area (Å²) in [5, 5.41) is 8.48. The minimum atomic E-state index is 0.577. The van der Waals surface area contributed by atoms with Crippen molar-refractivity contribution in [3.05, 3.63) is 71.3 Å². The normalized spacial score (nSPS) is 10.7. The molecule has 23 heavy (non-hydrogen) atoms. The van der Waals surface area contributed by atoms with Crippen LogP contribution < -0.4 is 4.74 Å². The molecule has 0 bridgehead atoms. The van der Waals surface area contributed by atoms with E-state index in [4.69, 9.17) is 20.8 Å². The van der Waals surface area contributed by atoms with E-state index in [0.717, 1.165) is 22.4 Å². The lowest BCUT2D eigenvalue weighted by atomic mass is 10.00. The molecule has 0 unspecified atom stereocenters. The Balaban J connectivity index is 1.82. The van der Waals surface area contributed by atoms with E-state index >= 15 is 0 Å². The van der Waals surface area contributed by atoms with Crippen molar-refractivity contribution in [2.75, 3.05) is 7.11 Å². The summed E-state index contributed by atoms with van der Waals surface area (Å²) in [5.74, 6) is 1.94. The number of aromatic nitrogens is 2. The zero-order valence-corrected chi connectivity index (χ0v) is 13.7. The van der Waals surface area contributed by atoms with Crippen LogP contribution in [0.25, 0.3) is 11.1 Å². The molecule has 3 aromatic rings. The average Bonchev–Trinajstić information content (AvgIpc) is 2.98. The van der Waals surface area contributed by atoms with Crippen LogP contribution in [0, 0.1) is 13.3 Å². The van der Waals surface area contributed by atoms with E-state index < -0.39 is 0 Å². The molecule has 0 aliphatic rings. The van der Waals surface area contributed by atoms with Gasteiger partial charge in [0.15, 0.2) is 0 Å². The molecule has 1 heterocycles. The Morgan fingerprint density at radius 2 is 2.04 bits per heavy atom. The van der Waals surface area contributed by atoms with E-state index in [1.165, 1.54) is 0 Å². The number of benzene rings is 2. The van der Waals surface area contributed by atoms with Gasteiger partial charge in [0, 0.05) is 23.9 Å². The third-order valence-electron chi connectivity index (χ3n) is 3.44. The number of halogens is 1. The van der Waals surface area contributed by atoms with Crippen LogP contribution >= 0.6 is 11.6 Å². The van der Waals surface area contributed by atoms with Crippen molar-refractivity contribution in [3.63, 3.8) is 0 Å². The van der Waals surface area contributed by atoms with Gasteiger partial charge in [-0.25, -0.2) is 0 Å². The molecule has 5 heteroatoms. The van der Waals surface area contributed by atoms with Gasteiger partial charge in [-0.1, -0.05) is 35.9 Å². The quantitative estimate of drug-likeness (QED) is 0.692. The van der Waals surface area contributed by atoms with Crippen LogP contribution in [0.5, 0.6) is 5.75 Å². The summed E-state index contributed by atoms with van der Waals surface area (Å²) in [5.41, 5.74) is 3.14. The molecule has 2 aromatic carbocycles. The zero-order valence-electron chi connectivity index (χ0n) is 12.9. The highest BCUT2D eigenvalue weighted by Crippen LogP contribution is 2.33. The molecule has 0 aliphatic heterocycles. The molecule has 117 valence electrons. The predicted molar refractivity (Wildman–Crippen MR) is 89.6 cm³/mol. The van der Waals surface area contributed by atoms with Gasteiger partial charge in [0.2, 0.25) is 11.8 Å². The Morgan fingerprint density at radius 1 is 1.17 bits per heavy atom. The number of ether oxygens (including phenoxy) is 1. The Kier molecular flexibility index (Phi) is 4.63. The summed E-state index contributed by atoms with van der Waals surface area (Å²) in [4.78, 5) is 0. The standard InChI is InChI=1S/C18H16ClN2O2/c1-12-20-21-18(23-12)9-6-13-4-3-5-14(10-13)16-8-7-15(19)11-17(16)22-2/h3-8,10-11H,9H2,1-2H3. The smallest absolute Gasteiger partial charge is 0.217 e. The first kappa shape index (κ1) is 15.6. The summed E-state index contributed by atoms with van der Waals surface area (Å²) in [6.45, 7) is 1.78. The van der Waals surface area contributed by atoms with Crippen molar-refractivity contribution in [1.82, 2.24) is 10.2 Å². The van der Waals surface area contributed by atoms with Gasteiger partial charge in [0.25, 0.3) is 0 Å². The maximum absolute atomic E-state index is 6.02. The lowest BCUT2D eigenvalue weighted by molar-refractivity contribution is 0.416. The fourth-order valence-corrected chi connectivity index (χ4v) is 2.52. The van der Waals surface area contributed by atoms with Gasteiger partial charge in [0.1, 0.15) is 5.75 Å². The van der Waals surface area contributed by atoms with E-state index in [9.17, 15) is 0 Å². The van der Waals surface area contributed by atoms with E-state index in [-0.39, 0.29) is 0 Å². The first-order valence-corrected chi connectivity index (χ1v) is 7.59. The number of aryl methyl sites for hydroxylation is 1. The molecule has 0 spiro atoms. The highest BCUT2D eigenvalue weighted by atomic mass is 35.5. The predicted octanol–water partition coefficient (Wildman–Crippen LogP) is 4.50. The van der Waals surface area contributed by atoms with Crippen molar-refractivity contribution in [3.8, 4) is 16.9 Å². The number of nitrogens with zero attached hydrogens (tertiary/aromatic N) is 2. The second-order valence-corrected chi connectivity index (χ2v) is 5.53. The first-order valence-electron chi connectivity index (χ1n) is 7.22. The number of hydrogen-bond donors (Lipinski definition) is 0. The van der Waals surface area contributed by atoms with Crippen LogP contribution in [-0.2, 0) is 6.42 Å². The maximum atomic E-state index is 6.02. The van der Waals surface area contributed by atoms with Crippen LogP contribution in [0.3, 0.4) is 0 Å². The molecule has 0 N–H and O–H groups in total. The topological polar surface area (TPSA) is 48.2 Å². The van der Waals surface area contributed by atoms with Crippen LogP contribution in [-0.4, -0.2) is 17.3 Å². The maximum Gasteiger partial charge on any atom is 0.217 e. The fraction of sp³-hybridized carbons (Fsp3) is 0.167. The minimum absolute atomic E-state index is 0.577. The highest BCUT2D eigenvalue weighted by molar-refractivity contribution is 6.30. The summed E-state index contributed by atoms with van der Waals surface area (Å²) in [7, 11) is 1.64. The summed E-state index contributed by atoms with van der Waals surface area (Å²) in [6.07, 6.45) is 2.65. The Hall–Kier alpha value is -2.33. The van der Waals surface area contributed by atoms with Gasteiger partial charge in [-0.2, -0.15) is 0 Å². The third-order valence-corrected chi connectivity index (χ3v) is 3.68. The number of hydrogen-bond acceptors (Lipinski definition) is 4. The number of rotatable bonds is 5. The van der Waals surface area contributed by atoms with Gasteiger partial charge in [-0.15, -0.1) is 10.2 Å². The van der Waals surface area contributed by atoms with Crippen LogP contribution in [0.2, 0.25) is 5.02 Å². The van der Waals surface area contributed by atoms with Crippen molar-refractivity contribution >= 4 is 11.6 Å². The molecule has 0 amide bonds. The largest absolute Gasteiger partial charge is 0.496 e.